The molecule has 1 aliphatic rings. The second-order valence-corrected chi connectivity index (χ2v) is 7.50. The zero-order valence-electron chi connectivity index (χ0n) is 15.1. The summed E-state index contributed by atoms with van der Waals surface area (Å²) in [4.78, 5) is 14.3. The lowest BCUT2D eigenvalue weighted by molar-refractivity contribution is 0.0114. The minimum absolute atomic E-state index is 0.191. The number of ether oxygens (including phenoxy) is 1. The third-order valence-corrected chi connectivity index (χ3v) is 4.30. The highest BCUT2D eigenvalue weighted by molar-refractivity contribution is 5.68. The van der Waals surface area contributed by atoms with Crippen LogP contribution in [0.1, 0.15) is 51.2 Å². The van der Waals surface area contributed by atoms with E-state index < -0.39 is 5.60 Å². The number of nitrogens with one attached hydrogen (secondary N) is 1. The lowest BCUT2D eigenvalue weighted by Gasteiger charge is -2.37. The largest absolute Gasteiger partial charge is 0.444 e. The highest BCUT2D eigenvalue weighted by atomic mass is 16.6. The lowest BCUT2D eigenvalue weighted by Crippen LogP contribution is -2.48. The van der Waals surface area contributed by atoms with Gasteiger partial charge >= 0.3 is 6.09 Å². The molecule has 0 radical (unpaired) electrons. The van der Waals surface area contributed by atoms with Crippen LogP contribution in [0.25, 0.3) is 0 Å². The number of likely N-dealkylation sites (tertiary alicyclic amines) is 1. The third kappa shape index (κ3) is 5.15. The van der Waals surface area contributed by atoms with Crippen molar-refractivity contribution in [3.63, 3.8) is 0 Å². The molecule has 1 fully saturated rings. The van der Waals surface area contributed by atoms with E-state index in [2.05, 4.69) is 37.4 Å². The molecule has 1 aromatic carbocycles. The molecule has 0 bridgehead atoms. The average molecular weight is 318 g/mol. The molecule has 0 spiro atoms. The predicted molar refractivity (Wildman–Crippen MR) is 95.0 cm³/mol. The van der Waals surface area contributed by atoms with Crippen LogP contribution < -0.4 is 5.32 Å². The normalized spacial score (nSPS) is 18.7. The number of anilines is 1. The van der Waals surface area contributed by atoms with Gasteiger partial charge in [0.05, 0.1) is 6.04 Å². The van der Waals surface area contributed by atoms with Crippen LogP contribution in [0, 0.1) is 13.8 Å². The Kier molecular flexibility index (Phi) is 5.55. The highest BCUT2D eigenvalue weighted by Gasteiger charge is 2.30. The monoisotopic (exact) mass is 318 g/mol. The molecular weight excluding hydrogens is 288 g/mol. The van der Waals surface area contributed by atoms with Gasteiger partial charge in [-0.1, -0.05) is 6.07 Å². The van der Waals surface area contributed by atoms with Gasteiger partial charge in [0.2, 0.25) is 0 Å². The summed E-state index contributed by atoms with van der Waals surface area (Å²) in [6.07, 6.45) is 3.05. The number of benzene rings is 1. The summed E-state index contributed by atoms with van der Waals surface area (Å²) in [5, 5.41) is 3.48. The minimum Gasteiger partial charge on any atom is -0.444 e. The zero-order valence-corrected chi connectivity index (χ0v) is 15.1. The molecule has 1 saturated heterocycles. The van der Waals surface area contributed by atoms with E-state index in [0.717, 1.165) is 31.6 Å². The summed E-state index contributed by atoms with van der Waals surface area (Å²) in [6.45, 7) is 11.5. The van der Waals surface area contributed by atoms with E-state index in [-0.39, 0.29) is 12.1 Å². The number of carbonyl (C=O) groups excluding carboxylic acids is 1. The number of aryl methyl sites for hydroxylation is 2. The molecule has 0 aromatic heterocycles. The Morgan fingerprint density at radius 1 is 1.26 bits per heavy atom. The van der Waals surface area contributed by atoms with Crippen LogP contribution in [0.15, 0.2) is 18.2 Å². The number of piperidine rings is 1. The first-order valence-electron chi connectivity index (χ1n) is 8.57. The Labute approximate surface area is 140 Å². The molecule has 4 heteroatoms. The minimum atomic E-state index is -0.444. The lowest BCUT2D eigenvalue weighted by atomic mass is 10.0. The van der Waals surface area contributed by atoms with Crippen LogP contribution in [0.2, 0.25) is 0 Å². The fraction of sp³-hybridized carbons (Fsp3) is 0.632. The van der Waals surface area contributed by atoms with Crippen molar-refractivity contribution in [1.82, 2.24) is 4.90 Å². The molecule has 2 rings (SSSR count). The smallest absolute Gasteiger partial charge is 0.410 e. The number of nitrogens with zero attached hydrogens (tertiary/aromatic N) is 1. The van der Waals surface area contributed by atoms with Crippen LogP contribution in [-0.4, -0.2) is 35.7 Å². The third-order valence-electron chi connectivity index (χ3n) is 4.30. The fourth-order valence-electron chi connectivity index (χ4n) is 2.86. The van der Waals surface area contributed by atoms with Crippen molar-refractivity contribution in [2.75, 3.05) is 18.4 Å². The Morgan fingerprint density at radius 3 is 2.65 bits per heavy atom. The Hall–Kier alpha value is -1.71. The zero-order chi connectivity index (χ0) is 17.0. The quantitative estimate of drug-likeness (QED) is 0.892. The Balaban J connectivity index is 1.98. The molecule has 1 amide bonds. The van der Waals surface area contributed by atoms with Crippen molar-refractivity contribution in [3.8, 4) is 0 Å². The van der Waals surface area contributed by atoms with Crippen molar-refractivity contribution < 1.29 is 9.53 Å². The summed E-state index contributed by atoms with van der Waals surface area (Å²) < 4.78 is 5.55. The van der Waals surface area contributed by atoms with Gasteiger partial charge < -0.3 is 15.0 Å². The SMILES string of the molecule is Cc1ccc(NCC2CCCCN2C(=O)OC(C)(C)C)cc1C. The van der Waals surface area contributed by atoms with E-state index in [1.807, 2.05) is 25.7 Å². The van der Waals surface area contributed by atoms with Gasteiger partial charge in [-0.05, 0) is 77.1 Å². The Morgan fingerprint density at radius 2 is 2.00 bits per heavy atom. The van der Waals surface area contributed by atoms with Gasteiger partial charge in [-0.25, -0.2) is 4.79 Å². The van der Waals surface area contributed by atoms with Crippen LogP contribution in [0.5, 0.6) is 0 Å². The molecule has 23 heavy (non-hydrogen) atoms. The predicted octanol–water partition coefficient (Wildman–Crippen LogP) is 4.50. The summed E-state index contributed by atoms with van der Waals surface area (Å²) in [7, 11) is 0. The fourth-order valence-corrected chi connectivity index (χ4v) is 2.86. The molecule has 1 atom stereocenters. The van der Waals surface area contributed by atoms with Gasteiger partial charge in [0, 0.05) is 18.8 Å². The second kappa shape index (κ2) is 7.24. The molecular formula is C19H30N2O2. The highest BCUT2D eigenvalue weighted by Crippen LogP contribution is 2.21. The summed E-state index contributed by atoms with van der Waals surface area (Å²) in [6, 6.07) is 6.59. The molecule has 1 aliphatic heterocycles. The van der Waals surface area contributed by atoms with Crippen molar-refractivity contribution in [1.29, 1.82) is 0 Å². The van der Waals surface area contributed by atoms with E-state index in [1.54, 1.807) is 0 Å². The van der Waals surface area contributed by atoms with Gasteiger partial charge in [-0.2, -0.15) is 0 Å². The van der Waals surface area contributed by atoms with E-state index in [9.17, 15) is 4.79 Å². The van der Waals surface area contributed by atoms with Crippen LogP contribution in [0.3, 0.4) is 0 Å². The van der Waals surface area contributed by atoms with Gasteiger partial charge in [0.25, 0.3) is 0 Å². The van der Waals surface area contributed by atoms with Crippen molar-refractivity contribution in [2.45, 2.75) is 65.5 Å². The van der Waals surface area contributed by atoms with Crippen LogP contribution in [0.4, 0.5) is 10.5 Å². The standard InChI is InChI=1S/C19H30N2O2/c1-14-9-10-16(12-15(14)2)20-13-17-8-6-7-11-21(17)18(22)23-19(3,4)5/h9-10,12,17,20H,6-8,11,13H2,1-5H3. The number of carbonyl (C=O) groups is 1. The van der Waals surface area contributed by atoms with E-state index in [0.29, 0.717) is 0 Å². The molecule has 0 aliphatic carbocycles. The molecule has 1 unspecified atom stereocenters. The summed E-state index contributed by atoms with van der Waals surface area (Å²) >= 11 is 0. The second-order valence-electron chi connectivity index (χ2n) is 7.50. The first-order valence-corrected chi connectivity index (χ1v) is 8.57. The molecule has 1 N–H and O–H groups in total. The van der Waals surface area contributed by atoms with Gasteiger partial charge in [-0.3, -0.25) is 0 Å². The molecule has 1 aromatic rings. The van der Waals surface area contributed by atoms with Gasteiger partial charge in [-0.15, -0.1) is 0 Å². The number of hydrogen-bond donors (Lipinski definition) is 1. The van der Waals surface area contributed by atoms with Crippen molar-refractivity contribution in [2.24, 2.45) is 0 Å². The molecule has 0 saturated carbocycles. The number of hydrogen-bond acceptors (Lipinski definition) is 3. The number of rotatable bonds is 3. The van der Waals surface area contributed by atoms with Gasteiger partial charge in [0.15, 0.2) is 0 Å². The van der Waals surface area contributed by atoms with Crippen LogP contribution >= 0.6 is 0 Å². The van der Waals surface area contributed by atoms with E-state index in [1.165, 1.54) is 17.5 Å². The maximum Gasteiger partial charge on any atom is 0.410 e. The maximum atomic E-state index is 12.4. The van der Waals surface area contributed by atoms with Crippen molar-refractivity contribution >= 4 is 11.8 Å². The first-order chi connectivity index (χ1) is 10.8. The summed E-state index contributed by atoms with van der Waals surface area (Å²) in [5.41, 5.74) is 3.25. The Bertz CT molecular complexity index is 549. The first kappa shape index (κ1) is 17.6. The van der Waals surface area contributed by atoms with E-state index >= 15 is 0 Å². The topological polar surface area (TPSA) is 41.6 Å². The summed E-state index contributed by atoms with van der Waals surface area (Å²) in [5.74, 6) is 0. The van der Waals surface area contributed by atoms with Crippen molar-refractivity contribution in [3.05, 3.63) is 29.3 Å². The number of amides is 1. The molecule has 4 nitrogen and oxygen atoms in total. The average Bonchev–Trinajstić information content (AvgIpc) is 2.47. The van der Waals surface area contributed by atoms with E-state index in [4.69, 9.17) is 4.74 Å². The maximum absolute atomic E-state index is 12.4. The molecule has 1 heterocycles. The van der Waals surface area contributed by atoms with Gasteiger partial charge in [0.1, 0.15) is 5.60 Å². The molecule has 128 valence electrons. The van der Waals surface area contributed by atoms with Crippen LogP contribution in [-0.2, 0) is 4.74 Å².